The summed E-state index contributed by atoms with van der Waals surface area (Å²) in [6.45, 7) is 2.82. The Morgan fingerprint density at radius 3 is 2.42 bits per heavy atom. The van der Waals surface area contributed by atoms with Crippen LogP contribution in [0.2, 0.25) is 5.02 Å². The molecule has 0 aliphatic carbocycles. The van der Waals surface area contributed by atoms with Gasteiger partial charge in [0, 0.05) is 30.3 Å². The molecule has 3 heteroatoms. The lowest BCUT2D eigenvalue weighted by atomic mass is 10.1. The number of rotatable bonds is 4. The Bertz CT molecular complexity index is 535. The minimum Gasteiger partial charge on any atom is -0.370 e. The molecule has 0 aliphatic rings. The standard InChI is InChI=1S/C16H19ClN2/c1-12(18)14-6-8-16(9-7-14)19(2)11-13-4-3-5-15(17)10-13/h3-10,12H,11,18H2,1-2H3/t12-/m1/s1. The van der Waals surface area contributed by atoms with Crippen LogP contribution in [-0.4, -0.2) is 7.05 Å². The third-order valence-corrected chi connectivity index (χ3v) is 3.40. The Morgan fingerprint density at radius 2 is 1.84 bits per heavy atom. The first-order valence-corrected chi connectivity index (χ1v) is 6.75. The number of halogens is 1. The number of nitrogens with two attached hydrogens (primary N) is 1. The first-order valence-electron chi connectivity index (χ1n) is 6.37. The molecule has 2 rings (SSSR count). The first-order chi connectivity index (χ1) is 9.06. The van der Waals surface area contributed by atoms with Crippen molar-refractivity contribution in [3.8, 4) is 0 Å². The zero-order chi connectivity index (χ0) is 13.8. The van der Waals surface area contributed by atoms with Crippen molar-refractivity contribution in [3.63, 3.8) is 0 Å². The highest BCUT2D eigenvalue weighted by Gasteiger charge is 2.04. The van der Waals surface area contributed by atoms with E-state index in [0.29, 0.717) is 0 Å². The Labute approximate surface area is 119 Å². The fourth-order valence-corrected chi connectivity index (χ4v) is 2.25. The Balaban J connectivity index is 2.09. The van der Waals surface area contributed by atoms with E-state index in [9.17, 15) is 0 Å². The molecule has 0 aromatic heterocycles. The van der Waals surface area contributed by atoms with Gasteiger partial charge in [0.2, 0.25) is 0 Å². The third-order valence-electron chi connectivity index (χ3n) is 3.17. The van der Waals surface area contributed by atoms with Gasteiger partial charge in [0.1, 0.15) is 0 Å². The van der Waals surface area contributed by atoms with Crippen LogP contribution in [0.3, 0.4) is 0 Å². The zero-order valence-corrected chi connectivity index (χ0v) is 12.1. The molecule has 2 aromatic carbocycles. The van der Waals surface area contributed by atoms with E-state index in [1.807, 2.05) is 25.1 Å². The summed E-state index contributed by atoms with van der Waals surface area (Å²) in [6.07, 6.45) is 0. The van der Waals surface area contributed by atoms with Crippen molar-refractivity contribution >= 4 is 17.3 Å². The van der Waals surface area contributed by atoms with Gasteiger partial charge in [0.05, 0.1) is 0 Å². The third kappa shape index (κ3) is 3.72. The minimum absolute atomic E-state index is 0.0762. The van der Waals surface area contributed by atoms with Crippen molar-refractivity contribution in [2.45, 2.75) is 19.5 Å². The maximum absolute atomic E-state index is 6.00. The molecule has 0 spiro atoms. The van der Waals surface area contributed by atoms with E-state index < -0.39 is 0 Å². The summed E-state index contributed by atoms with van der Waals surface area (Å²) in [5.74, 6) is 0. The highest BCUT2D eigenvalue weighted by molar-refractivity contribution is 6.30. The fourth-order valence-electron chi connectivity index (χ4n) is 2.03. The lowest BCUT2D eigenvalue weighted by Gasteiger charge is -2.20. The van der Waals surface area contributed by atoms with E-state index in [1.165, 1.54) is 11.3 Å². The van der Waals surface area contributed by atoms with Crippen molar-refractivity contribution in [2.24, 2.45) is 5.73 Å². The predicted octanol–water partition coefficient (Wildman–Crippen LogP) is 4.00. The molecule has 2 aromatic rings. The molecule has 0 unspecified atom stereocenters. The fraction of sp³-hybridized carbons (Fsp3) is 0.250. The van der Waals surface area contributed by atoms with Gasteiger partial charge in [-0.05, 0) is 42.3 Å². The molecule has 0 saturated carbocycles. The summed E-state index contributed by atoms with van der Waals surface area (Å²) in [4.78, 5) is 2.19. The second-order valence-corrected chi connectivity index (χ2v) is 5.30. The van der Waals surface area contributed by atoms with Crippen LogP contribution in [0.25, 0.3) is 0 Å². The van der Waals surface area contributed by atoms with Gasteiger partial charge in [0.25, 0.3) is 0 Å². The minimum atomic E-state index is 0.0762. The van der Waals surface area contributed by atoms with E-state index in [-0.39, 0.29) is 6.04 Å². The van der Waals surface area contributed by atoms with Gasteiger partial charge in [-0.2, -0.15) is 0 Å². The quantitative estimate of drug-likeness (QED) is 0.913. The lowest BCUT2D eigenvalue weighted by Crippen LogP contribution is -2.16. The topological polar surface area (TPSA) is 29.3 Å². The van der Waals surface area contributed by atoms with Crippen LogP contribution < -0.4 is 10.6 Å². The SMILES string of the molecule is C[C@@H](N)c1ccc(N(C)Cc2cccc(Cl)c2)cc1. The van der Waals surface area contributed by atoms with Crippen LogP contribution in [0.15, 0.2) is 48.5 Å². The zero-order valence-electron chi connectivity index (χ0n) is 11.3. The smallest absolute Gasteiger partial charge is 0.0426 e. The van der Waals surface area contributed by atoms with E-state index >= 15 is 0 Å². The maximum Gasteiger partial charge on any atom is 0.0426 e. The number of anilines is 1. The van der Waals surface area contributed by atoms with Gasteiger partial charge >= 0.3 is 0 Å². The summed E-state index contributed by atoms with van der Waals surface area (Å²) in [6, 6.07) is 16.4. The van der Waals surface area contributed by atoms with Crippen molar-refractivity contribution in [3.05, 3.63) is 64.7 Å². The molecule has 0 bridgehead atoms. The average molecular weight is 275 g/mol. The molecule has 19 heavy (non-hydrogen) atoms. The van der Waals surface area contributed by atoms with Crippen molar-refractivity contribution < 1.29 is 0 Å². The molecular formula is C16H19ClN2. The molecule has 0 aliphatic heterocycles. The molecular weight excluding hydrogens is 256 g/mol. The summed E-state index contributed by atoms with van der Waals surface area (Å²) in [5.41, 5.74) is 9.38. The molecule has 0 amide bonds. The average Bonchev–Trinajstić information content (AvgIpc) is 2.39. The molecule has 0 fully saturated rings. The molecule has 0 saturated heterocycles. The van der Waals surface area contributed by atoms with Gasteiger partial charge in [-0.1, -0.05) is 35.9 Å². The summed E-state index contributed by atoms with van der Waals surface area (Å²) < 4.78 is 0. The van der Waals surface area contributed by atoms with Gasteiger partial charge in [-0.15, -0.1) is 0 Å². The highest BCUT2D eigenvalue weighted by Crippen LogP contribution is 2.20. The van der Waals surface area contributed by atoms with Crippen LogP contribution in [-0.2, 0) is 6.54 Å². The van der Waals surface area contributed by atoms with Gasteiger partial charge in [-0.3, -0.25) is 0 Å². The summed E-state index contributed by atoms with van der Waals surface area (Å²) in [5, 5.41) is 0.776. The van der Waals surface area contributed by atoms with E-state index in [2.05, 4.69) is 42.3 Å². The number of hydrogen-bond donors (Lipinski definition) is 1. The Hall–Kier alpha value is -1.51. The van der Waals surface area contributed by atoms with Crippen LogP contribution in [0, 0.1) is 0 Å². The second kappa shape index (κ2) is 6.09. The molecule has 1 atom stereocenters. The summed E-state index contributed by atoms with van der Waals surface area (Å²) in [7, 11) is 2.07. The molecule has 100 valence electrons. The molecule has 2 N–H and O–H groups in total. The van der Waals surface area contributed by atoms with Crippen LogP contribution in [0.5, 0.6) is 0 Å². The van der Waals surface area contributed by atoms with E-state index in [1.54, 1.807) is 0 Å². The Morgan fingerprint density at radius 1 is 1.16 bits per heavy atom. The normalized spacial score (nSPS) is 12.2. The van der Waals surface area contributed by atoms with Crippen molar-refractivity contribution in [1.29, 1.82) is 0 Å². The van der Waals surface area contributed by atoms with Gasteiger partial charge in [-0.25, -0.2) is 0 Å². The van der Waals surface area contributed by atoms with Crippen LogP contribution >= 0.6 is 11.6 Å². The van der Waals surface area contributed by atoms with Gasteiger partial charge < -0.3 is 10.6 Å². The maximum atomic E-state index is 6.00. The first kappa shape index (κ1) is 13.9. The predicted molar refractivity (Wildman–Crippen MR) is 82.6 cm³/mol. The van der Waals surface area contributed by atoms with E-state index in [0.717, 1.165) is 17.1 Å². The number of hydrogen-bond acceptors (Lipinski definition) is 2. The molecule has 0 radical (unpaired) electrons. The summed E-state index contributed by atoms with van der Waals surface area (Å²) >= 11 is 6.00. The number of nitrogens with zero attached hydrogens (tertiary/aromatic N) is 1. The van der Waals surface area contributed by atoms with Gasteiger partial charge in [0.15, 0.2) is 0 Å². The molecule has 0 heterocycles. The Kier molecular flexibility index (Phi) is 4.46. The highest BCUT2D eigenvalue weighted by atomic mass is 35.5. The lowest BCUT2D eigenvalue weighted by molar-refractivity contribution is 0.817. The van der Waals surface area contributed by atoms with Crippen LogP contribution in [0.4, 0.5) is 5.69 Å². The largest absolute Gasteiger partial charge is 0.370 e. The second-order valence-electron chi connectivity index (χ2n) is 4.87. The van der Waals surface area contributed by atoms with Crippen LogP contribution in [0.1, 0.15) is 24.1 Å². The van der Waals surface area contributed by atoms with Crippen molar-refractivity contribution in [2.75, 3.05) is 11.9 Å². The van der Waals surface area contributed by atoms with E-state index in [4.69, 9.17) is 17.3 Å². The number of benzene rings is 2. The monoisotopic (exact) mass is 274 g/mol. The molecule has 2 nitrogen and oxygen atoms in total. The van der Waals surface area contributed by atoms with Crippen molar-refractivity contribution in [1.82, 2.24) is 0 Å².